The van der Waals surface area contributed by atoms with Gasteiger partial charge < -0.3 is 9.64 Å². The number of rotatable bonds is 3. The Morgan fingerprint density at radius 1 is 1.07 bits per heavy atom. The monoisotopic (exact) mass is 387 g/mol. The molecule has 29 heavy (non-hydrogen) atoms. The molecule has 0 N–H and O–H groups in total. The van der Waals surface area contributed by atoms with Gasteiger partial charge in [-0.25, -0.2) is 0 Å². The van der Waals surface area contributed by atoms with Crippen molar-refractivity contribution in [1.29, 1.82) is 5.26 Å². The van der Waals surface area contributed by atoms with Crippen molar-refractivity contribution in [1.82, 2.24) is 9.80 Å². The Kier molecular flexibility index (Phi) is 4.52. The predicted molar refractivity (Wildman–Crippen MR) is 110 cm³/mol. The summed E-state index contributed by atoms with van der Waals surface area (Å²) in [5, 5.41) is 9.50. The largest absolute Gasteiger partial charge is 0.496 e. The second kappa shape index (κ2) is 7.20. The van der Waals surface area contributed by atoms with E-state index in [-0.39, 0.29) is 17.9 Å². The van der Waals surface area contributed by atoms with Crippen LogP contribution in [0.4, 0.5) is 0 Å². The number of hydrogen-bond acceptors (Lipinski definition) is 4. The Balaban J connectivity index is 1.57. The molecular weight excluding hydrogens is 362 g/mol. The highest BCUT2D eigenvalue weighted by Gasteiger charge is 2.55. The predicted octanol–water partition coefficient (Wildman–Crippen LogP) is 3.27. The molecule has 0 aromatic heterocycles. The summed E-state index contributed by atoms with van der Waals surface area (Å²) < 4.78 is 5.67. The number of hydrogen-bond donors (Lipinski definition) is 0. The number of carbonyl (C=O) groups is 1. The lowest BCUT2D eigenvalue weighted by molar-refractivity contribution is -0.00351. The van der Waals surface area contributed by atoms with Crippen LogP contribution in [0.3, 0.4) is 0 Å². The van der Waals surface area contributed by atoms with Gasteiger partial charge in [0.05, 0.1) is 30.3 Å². The van der Waals surface area contributed by atoms with E-state index in [1.807, 2.05) is 24.3 Å². The SMILES string of the molecule is COc1ccccc1[C@@H]1CN(C(=O)c2ccccc2C#N)[C@H]2C3CCN(CC3)[C@@H]12. The van der Waals surface area contributed by atoms with Gasteiger partial charge in [-0.15, -0.1) is 0 Å². The van der Waals surface area contributed by atoms with Crippen molar-refractivity contribution in [3.8, 4) is 11.8 Å². The summed E-state index contributed by atoms with van der Waals surface area (Å²) in [5.41, 5.74) is 2.16. The molecule has 4 aliphatic rings. The molecule has 4 aliphatic heterocycles. The molecule has 3 atom stereocenters. The fourth-order valence-corrected chi connectivity index (χ4v) is 5.82. The standard InChI is InChI=1S/C24H25N3O2/c1-29-21-9-5-4-8-19(21)20-15-27(22-16-10-12-26(13-11-16)23(20)22)24(28)18-7-3-2-6-17(18)14-25/h2-9,16,20,22-23H,10-13,15H2,1H3/t20-,22-,23-/m0/s1. The van der Waals surface area contributed by atoms with Crippen LogP contribution >= 0.6 is 0 Å². The van der Waals surface area contributed by atoms with Crippen molar-refractivity contribution in [2.75, 3.05) is 26.7 Å². The topological polar surface area (TPSA) is 56.6 Å². The number of amides is 1. The number of carbonyl (C=O) groups excluding carboxylic acids is 1. The molecule has 5 heteroatoms. The number of ether oxygens (including phenoxy) is 1. The zero-order valence-corrected chi connectivity index (χ0v) is 16.6. The smallest absolute Gasteiger partial charge is 0.255 e. The third kappa shape index (κ3) is 2.82. The Labute approximate surface area is 171 Å². The van der Waals surface area contributed by atoms with Crippen LogP contribution in [0.2, 0.25) is 0 Å². The lowest BCUT2D eigenvalue weighted by atomic mass is 9.75. The number of nitriles is 1. The first-order valence-electron chi connectivity index (χ1n) is 10.4. The molecule has 2 aromatic rings. The molecule has 0 aliphatic carbocycles. The van der Waals surface area contributed by atoms with Gasteiger partial charge in [0.2, 0.25) is 0 Å². The molecule has 5 nitrogen and oxygen atoms in total. The highest BCUT2D eigenvalue weighted by Crippen LogP contribution is 2.48. The van der Waals surface area contributed by atoms with Crippen LogP contribution in [-0.4, -0.2) is 54.5 Å². The number of likely N-dealkylation sites (tertiary alicyclic amines) is 1. The number of benzene rings is 2. The van der Waals surface area contributed by atoms with Crippen LogP contribution in [0.25, 0.3) is 0 Å². The molecule has 1 amide bonds. The summed E-state index contributed by atoms with van der Waals surface area (Å²) in [6.07, 6.45) is 2.28. The molecule has 148 valence electrons. The minimum absolute atomic E-state index is 0.0108. The summed E-state index contributed by atoms with van der Waals surface area (Å²) in [5.74, 6) is 1.63. The molecule has 4 fully saturated rings. The van der Waals surface area contributed by atoms with E-state index in [0.29, 0.717) is 29.6 Å². The lowest BCUT2D eigenvalue weighted by Gasteiger charge is -2.51. The van der Waals surface area contributed by atoms with E-state index in [2.05, 4.69) is 28.0 Å². The summed E-state index contributed by atoms with van der Waals surface area (Å²) in [7, 11) is 1.71. The van der Waals surface area contributed by atoms with Crippen molar-refractivity contribution < 1.29 is 9.53 Å². The molecule has 0 saturated carbocycles. The molecular formula is C24H25N3O2. The van der Waals surface area contributed by atoms with Crippen molar-refractivity contribution in [3.63, 3.8) is 0 Å². The lowest BCUT2D eigenvalue weighted by Crippen LogP contribution is -2.60. The van der Waals surface area contributed by atoms with Gasteiger partial charge in [-0.1, -0.05) is 30.3 Å². The first kappa shape index (κ1) is 18.2. The summed E-state index contributed by atoms with van der Waals surface area (Å²) >= 11 is 0. The number of methoxy groups -OCH3 is 1. The van der Waals surface area contributed by atoms with Crippen molar-refractivity contribution in [2.24, 2.45) is 5.92 Å². The molecule has 4 saturated heterocycles. The molecule has 2 aromatic carbocycles. The van der Waals surface area contributed by atoms with Crippen molar-refractivity contribution in [2.45, 2.75) is 30.8 Å². The maximum absolute atomic E-state index is 13.6. The van der Waals surface area contributed by atoms with Gasteiger partial charge >= 0.3 is 0 Å². The summed E-state index contributed by atoms with van der Waals surface area (Å²) in [6.45, 7) is 2.88. The zero-order chi connectivity index (χ0) is 20.0. The Morgan fingerprint density at radius 3 is 2.55 bits per heavy atom. The zero-order valence-electron chi connectivity index (χ0n) is 16.6. The fourth-order valence-electron chi connectivity index (χ4n) is 5.82. The van der Waals surface area contributed by atoms with E-state index in [9.17, 15) is 10.1 Å². The van der Waals surface area contributed by atoms with E-state index < -0.39 is 0 Å². The number of piperidine rings is 3. The maximum atomic E-state index is 13.6. The van der Waals surface area contributed by atoms with E-state index in [1.54, 1.807) is 19.2 Å². The molecule has 6 rings (SSSR count). The van der Waals surface area contributed by atoms with Gasteiger partial charge in [0.1, 0.15) is 5.75 Å². The van der Waals surface area contributed by atoms with Crippen molar-refractivity contribution in [3.05, 3.63) is 65.2 Å². The average Bonchev–Trinajstić information content (AvgIpc) is 3.22. The van der Waals surface area contributed by atoms with Crippen LogP contribution in [0.5, 0.6) is 5.75 Å². The second-order valence-electron chi connectivity index (χ2n) is 8.32. The van der Waals surface area contributed by atoms with Crippen LogP contribution in [-0.2, 0) is 0 Å². The highest BCUT2D eigenvalue weighted by atomic mass is 16.5. The quantitative estimate of drug-likeness (QED) is 0.811. The van der Waals surface area contributed by atoms with Crippen molar-refractivity contribution >= 4 is 5.91 Å². The molecule has 0 spiro atoms. The molecule has 0 unspecified atom stereocenters. The summed E-state index contributed by atoms with van der Waals surface area (Å²) in [4.78, 5) is 18.3. The molecule has 2 bridgehead atoms. The van der Waals surface area contributed by atoms with Crippen LogP contribution in [0.1, 0.15) is 40.2 Å². The van der Waals surface area contributed by atoms with E-state index >= 15 is 0 Å². The highest BCUT2D eigenvalue weighted by molar-refractivity contribution is 5.97. The number of nitrogens with zero attached hydrogens (tertiary/aromatic N) is 3. The maximum Gasteiger partial charge on any atom is 0.255 e. The van der Waals surface area contributed by atoms with Gasteiger partial charge in [-0.3, -0.25) is 9.69 Å². The van der Waals surface area contributed by atoms with E-state index in [4.69, 9.17) is 4.74 Å². The number of para-hydroxylation sites is 1. The summed E-state index contributed by atoms with van der Waals surface area (Å²) in [6, 6.07) is 18.1. The first-order chi connectivity index (χ1) is 14.2. The third-order valence-corrected chi connectivity index (χ3v) is 7.07. The van der Waals surface area contributed by atoms with Crippen LogP contribution in [0.15, 0.2) is 48.5 Å². The minimum atomic E-state index is -0.0108. The molecule has 4 heterocycles. The van der Waals surface area contributed by atoms with E-state index in [1.165, 1.54) is 5.56 Å². The average molecular weight is 387 g/mol. The van der Waals surface area contributed by atoms with Gasteiger partial charge in [0.25, 0.3) is 5.91 Å². The van der Waals surface area contributed by atoms with Gasteiger partial charge in [0, 0.05) is 24.1 Å². The second-order valence-corrected chi connectivity index (χ2v) is 8.32. The van der Waals surface area contributed by atoms with Crippen LogP contribution in [0, 0.1) is 17.2 Å². The Hall–Kier alpha value is -2.84. The van der Waals surface area contributed by atoms with Crippen LogP contribution < -0.4 is 4.74 Å². The third-order valence-electron chi connectivity index (χ3n) is 7.07. The number of fused-ring (bicyclic) bond motifs is 2. The van der Waals surface area contributed by atoms with Gasteiger partial charge in [0.15, 0.2) is 0 Å². The minimum Gasteiger partial charge on any atom is -0.496 e. The molecule has 0 radical (unpaired) electrons. The Bertz CT molecular complexity index is 974. The first-order valence-corrected chi connectivity index (χ1v) is 10.4. The Morgan fingerprint density at radius 2 is 1.79 bits per heavy atom. The van der Waals surface area contributed by atoms with Gasteiger partial charge in [-0.2, -0.15) is 5.26 Å². The van der Waals surface area contributed by atoms with Gasteiger partial charge in [-0.05, 0) is 50.0 Å². The van der Waals surface area contributed by atoms with E-state index in [0.717, 1.165) is 31.7 Å². The normalized spacial score (nSPS) is 29.9. The fraction of sp³-hybridized carbons (Fsp3) is 0.417.